The quantitative estimate of drug-likeness (QED) is 0.849. The number of benzene rings is 2. The molecule has 0 aliphatic heterocycles. The number of methoxy groups -OCH3 is 1. The zero-order chi connectivity index (χ0) is 13.7. The minimum atomic E-state index is 0.400. The summed E-state index contributed by atoms with van der Waals surface area (Å²) in [6.45, 7) is 0.909. The van der Waals surface area contributed by atoms with Crippen LogP contribution < -0.4 is 10.5 Å². The molecule has 2 rings (SSSR count). The van der Waals surface area contributed by atoms with Gasteiger partial charge in [0.25, 0.3) is 0 Å². The second-order valence-corrected chi connectivity index (χ2v) is 4.56. The van der Waals surface area contributed by atoms with E-state index in [0.29, 0.717) is 23.9 Å². The van der Waals surface area contributed by atoms with Crippen molar-refractivity contribution in [1.82, 2.24) is 0 Å². The SMILES string of the molecule is COc1ccc(COCc2c(N)cccc2Cl)cc1. The number of nitrogens with two attached hydrogens (primary N) is 1. The second-order valence-electron chi connectivity index (χ2n) is 4.15. The van der Waals surface area contributed by atoms with Crippen LogP contribution in [0.3, 0.4) is 0 Å². The van der Waals surface area contributed by atoms with Gasteiger partial charge < -0.3 is 15.2 Å². The van der Waals surface area contributed by atoms with Crippen LogP contribution in [-0.4, -0.2) is 7.11 Å². The van der Waals surface area contributed by atoms with Crippen molar-refractivity contribution in [2.24, 2.45) is 0 Å². The first kappa shape index (κ1) is 13.7. The largest absolute Gasteiger partial charge is 0.497 e. The predicted octanol–water partition coefficient (Wildman–Crippen LogP) is 3.65. The maximum atomic E-state index is 6.07. The Morgan fingerprint density at radius 1 is 1.05 bits per heavy atom. The third-order valence-electron chi connectivity index (χ3n) is 2.83. The molecule has 3 nitrogen and oxygen atoms in total. The van der Waals surface area contributed by atoms with E-state index in [1.54, 1.807) is 7.11 Å². The Bertz CT molecular complexity index is 520. The van der Waals surface area contributed by atoms with E-state index in [-0.39, 0.29) is 0 Å². The van der Waals surface area contributed by atoms with Crippen LogP contribution in [0.1, 0.15) is 11.1 Å². The van der Waals surface area contributed by atoms with Gasteiger partial charge in [0.1, 0.15) is 5.75 Å². The Hall–Kier alpha value is -1.71. The Balaban J connectivity index is 1.92. The first-order valence-electron chi connectivity index (χ1n) is 5.94. The molecule has 2 N–H and O–H groups in total. The molecule has 100 valence electrons. The number of nitrogen functional groups attached to an aromatic ring is 1. The Kier molecular flexibility index (Phi) is 4.66. The van der Waals surface area contributed by atoms with Gasteiger partial charge in [-0.25, -0.2) is 0 Å². The summed E-state index contributed by atoms with van der Waals surface area (Å²) in [6, 6.07) is 13.2. The van der Waals surface area contributed by atoms with Gasteiger partial charge in [-0.05, 0) is 29.8 Å². The first-order valence-corrected chi connectivity index (χ1v) is 6.32. The number of rotatable bonds is 5. The molecule has 0 aromatic heterocycles. The smallest absolute Gasteiger partial charge is 0.118 e. The zero-order valence-corrected chi connectivity index (χ0v) is 11.5. The summed E-state index contributed by atoms with van der Waals surface area (Å²) in [6.07, 6.45) is 0. The summed E-state index contributed by atoms with van der Waals surface area (Å²) in [5.74, 6) is 0.832. The van der Waals surface area contributed by atoms with Crippen LogP contribution in [0.25, 0.3) is 0 Å². The number of anilines is 1. The average Bonchev–Trinajstić information content (AvgIpc) is 2.43. The van der Waals surface area contributed by atoms with E-state index in [1.807, 2.05) is 42.5 Å². The summed E-state index contributed by atoms with van der Waals surface area (Å²) in [5.41, 5.74) is 8.42. The highest BCUT2D eigenvalue weighted by molar-refractivity contribution is 6.31. The summed E-state index contributed by atoms with van der Waals surface area (Å²) >= 11 is 6.07. The Morgan fingerprint density at radius 3 is 2.42 bits per heavy atom. The van der Waals surface area contributed by atoms with Crippen LogP contribution in [0.2, 0.25) is 5.02 Å². The fraction of sp³-hybridized carbons (Fsp3) is 0.200. The normalized spacial score (nSPS) is 10.4. The van der Waals surface area contributed by atoms with Crippen LogP contribution in [0.4, 0.5) is 5.69 Å². The van der Waals surface area contributed by atoms with Crippen molar-refractivity contribution in [2.75, 3.05) is 12.8 Å². The van der Waals surface area contributed by atoms with Gasteiger partial charge >= 0.3 is 0 Å². The molecule has 0 saturated heterocycles. The maximum Gasteiger partial charge on any atom is 0.118 e. The monoisotopic (exact) mass is 277 g/mol. The van der Waals surface area contributed by atoms with Gasteiger partial charge in [0.2, 0.25) is 0 Å². The zero-order valence-electron chi connectivity index (χ0n) is 10.7. The third-order valence-corrected chi connectivity index (χ3v) is 3.18. The van der Waals surface area contributed by atoms with E-state index in [4.69, 9.17) is 26.8 Å². The molecule has 4 heteroatoms. The molecule has 0 bridgehead atoms. The molecule has 0 aliphatic carbocycles. The molecule has 0 heterocycles. The number of halogens is 1. The van der Waals surface area contributed by atoms with Crippen LogP contribution in [0.15, 0.2) is 42.5 Å². The molecule has 0 radical (unpaired) electrons. The molecule has 19 heavy (non-hydrogen) atoms. The van der Waals surface area contributed by atoms with E-state index >= 15 is 0 Å². The lowest BCUT2D eigenvalue weighted by atomic mass is 10.2. The number of ether oxygens (including phenoxy) is 2. The minimum Gasteiger partial charge on any atom is -0.497 e. The predicted molar refractivity (Wildman–Crippen MR) is 77.4 cm³/mol. The van der Waals surface area contributed by atoms with Crippen molar-refractivity contribution in [3.8, 4) is 5.75 Å². The Labute approximate surface area is 117 Å². The van der Waals surface area contributed by atoms with Crippen molar-refractivity contribution < 1.29 is 9.47 Å². The van der Waals surface area contributed by atoms with Crippen LogP contribution >= 0.6 is 11.6 Å². The van der Waals surface area contributed by atoms with Gasteiger partial charge in [0, 0.05) is 16.3 Å². The number of hydrogen-bond donors (Lipinski definition) is 1. The average molecular weight is 278 g/mol. The van der Waals surface area contributed by atoms with Gasteiger partial charge in [-0.15, -0.1) is 0 Å². The molecule has 0 spiro atoms. The molecule has 2 aromatic rings. The first-order chi connectivity index (χ1) is 9.20. The van der Waals surface area contributed by atoms with E-state index in [0.717, 1.165) is 16.9 Å². The van der Waals surface area contributed by atoms with Gasteiger partial charge in [0.05, 0.1) is 20.3 Å². The molecule has 2 aromatic carbocycles. The van der Waals surface area contributed by atoms with Crippen molar-refractivity contribution in [2.45, 2.75) is 13.2 Å². The van der Waals surface area contributed by atoms with Gasteiger partial charge in [-0.3, -0.25) is 0 Å². The minimum absolute atomic E-state index is 0.400. The van der Waals surface area contributed by atoms with E-state index in [9.17, 15) is 0 Å². The van der Waals surface area contributed by atoms with Crippen molar-refractivity contribution in [1.29, 1.82) is 0 Å². The van der Waals surface area contributed by atoms with Gasteiger partial charge in [-0.2, -0.15) is 0 Å². The van der Waals surface area contributed by atoms with Crippen LogP contribution in [-0.2, 0) is 18.0 Å². The standard InChI is InChI=1S/C15H16ClNO2/c1-18-12-7-5-11(6-8-12)9-19-10-13-14(16)3-2-4-15(13)17/h2-8H,9-10,17H2,1H3. The fourth-order valence-corrected chi connectivity index (χ4v) is 1.96. The number of hydrogen-bond acceptors (Lipinski definition) is 3. The van der Waals surface area contributed by atoms with E-state index < -0.39 is 0 Å². The summed E-state index contributed by atoms with van der Waals surface area (Å²) < 4.78 is 10.7. The topological polar surface area (TPSA) is 44.5 Å². The Morgan fingerprint density at radius 2 is 1.79 bits per heavy atom. The molecular formula is C15H16ClNO2. The third kappa shape index (κ3) is 3.63. The van der Waals surface area contributed by atoms with Crippen LogP contribution in [0.5, 0.6) is 5.75 Å². The highest BCUT2D eigenvalue weighted by Gasteiger charge is 2.04. The van der Waals surface area contributed by atoms with Gasteiger partial charge in [0.15, 0.2) is 0 Å². The lowest BCUT2D eigenvalue weighted by molar-refractivity contribution is 0.107. The second kappa shape index (κ2) is 6.45. The van der Waals surface area contributed by atoms with E-state index in [1.165, 1.54) is 0 Å². The molecule has 0 atom stereocenters. The lowest BCUT2D eigenvalue weighted by Gasteiger charge is -2.09. The summed E-state index contributed by atoms with van der Waals surface area (Å²) in [4.78, 5) is 0. The summed E-state index contributed by atoms with van der Waals surface area (Å²) in [5, 5.41) is 0.634. The molecule has 0 aliphatic rings. The van der Waals surface area contributed by atoms with E-state index in [2.05, 4.69) is 0 Å². The van der Waals surface area contributed by atoms with Crippen LogP contribution in [0, 0.1) is 0 Å². The fourth-order valence-electron chi connectivity index (χ4n) is 1.72. The molecule has 0 amide bonds. The van der Waals surface area contributed by atoms with Gasteiger partial charge in [-0.1, -0.05) is 29.8 Å². The van der Waals surface area contributed by atoms with Crippen molar-refractivity contribution >= 4 is 17.3 Å². The highest BCUT2D eigenvalue weighted by atomic mass is 35.5. The molecule has 0 unspecified atom stereocenters. The molecule has 0 fully saturated rings. The molecule has 0 saturated carbocycles. The van der Waals surface area contributed by atoms with Crippen molar-refractivity contribution in [3.05, 3.63) is 58.6 Å². The molecular weight excluding hydrogens is 262 g/mol. The summed E-state index contributed by atoms with van der Waals surface area (Å²) in [7, 11) is 1.64. The maximum absolute atomic E-state index is 6.07. The lowest BCUT2D eigenvalue weighted by Crippen LogP contribution is -1.99. The van der Waals surface area contributed by atoms with Crippen molar-refractivity contribution in [3.63, 3.8) is 0 Å². The highest BCUT2D eigenvalue weighted by Crippen LogP contribution is 2.23.